The minimum Gasteiger partial charge on any atom is -0.394 e. The summed E-state index contributed by atoms with van der Waals surface area (Å²) in [6.45, 7) is 0.491. The zero-order chi connectivity index (χ0) is 11.6. The van der Waals surface area contributed by atoms with Crippen molar-refractivity contribution in [1.29, 1.82) is 0 Å². The molecule has 0 saturated heterocycles. The summed E-state index contributed by atoms with van der Waals surface area (Å²) in [5.74, 6) is -0.826. The summed E-state index contributed by atoms with van der Waals surface area (Å²) in [6.07, 6.45) is -2.80. The van der Waals surface area contributed by atoms with E-state index in [1.165, 1.54) is 0 Å². The molecule has 0 aromatic heterocycles. The van der Waals surface area contributed by atoms with Crippen LogP contribution in [0.25, 0.3) is 0 Å². The summed E-state index contributed by atoms with van der Waals surface area (Å²) in [6, 6.07) is -2.15. The molecule has 1 aliphatic rings. The highest BCUT2D eigenvalue weighted by Gasteiger charge is 2.42. The number of carbonyl (C=O) groups excluding carboxylic acids is 1. The summed E-state index contributed by atoms with van der Waals surface area (Å²) in [5, 5.41) is 10.3. The molecule has 15 heavy (non-hydrogen) atoms. The van der Waals surface area contributed by atoms with Crippen molar-refractivity contribution in [2.75, 3.05) is 6.61 Å². The van der Waals surface area contributed by atoms with E-state index in [1.807, 2.05) is 5.32 Å². The Labute approximate surface area is 85.7 Å². The number of aliphatic hydroxyl groups excluding tert-OH is 1. The van der Waals surface area contributed by atoms with E-state index in [0.717, 1.165) is 12.8 Å². The quantitative estimate of drug-likeness (QED) is 0.752. The number of halogens is 3. The highest BCUT2D eigenvalue weighted by molar-refractivity contribution is 5.79. The number of nitrogens with one attached hydrogen (secondary N) is 1. The van der Waals surface area contributed by atoms with E-state index in [9.17, 15) is 18.0 Å². The Kier molecular flexibility index (Phi) is 3.59. The number of aliphatic hydroxyl groups is 1. The van der Waals surface area contributed by atoms with Gasteiger partial charge in [-0.1, -0.05) is 6.92 Å². The third-order valence-electron chi connectivity index (χ3n) is 2.64. The fourth-order valence-electron chi connectivity index (χ4n) is 1.34. The maximum absolute atomic E-state index is 12.2. The average Bonchev–Trinajstić information content (AvgIpc) is 2.93. The predicted octanol–water partition coefficient (Wildman–Crippen LogP) is 1.07. The molecule has 6 heteroatoms. The van der Waals surface area contributed by atoms with Gasteiger partial charge in [-0.05, 0) is 18.8 Å². The molecule has 2 atom stereocenters. The summed E-state index contributed by atoms with van der Waals surface area (Å²) in [4.78, 5) is 11.3. The van der Waals surface area contributed by atoms with E-state index < -0.39 is 30.7 Å². The standard InChI is InChI=1S/C9H14F3NO2/c1-5(6-2-3-6)8(15)13-7(4-14)9(10,11)12/h5-7,14H,2-4H2,1H3,(H,13,15). The van der Waals surface area contributed by atoms with Gasteiger partial charge in [0.25, 0.3) is 0 Å². The second-order valence-corrected chi connectivity index (χ2v) is 3.91. The average molecular weight is 225 g/mol. The summed E-state index contributed by atoms with van der Waals surface area (Å²) in [5.41, 5.74) is 0. The lowest BCUT2D eigenvalue weighted by molar-refractivity contribution is -0.169. The van der Waals surface area contributed by atoms with Crippen molar-refractivity contribution in [3.05, 3.63) is 0 Å². The van der Waals surface area contributed by atoms with E-state index >= 15 is 0 Å². The Balaban J connectivity index is 2.47. The molecule has 0 spiro atoms. The summed E-state index contributed by atoms with van der Waals surface area (Å²) >= 11 is 0. The normalized spacial score (nSPS) is 20.9. The molecule has 2 N–H and O–H groups in total. The van der Waals surface area contributed by atoms with Crippen molar-refractivity contribution in [2.24, 2.45) is 11.8 Å². The smallest absolute Gasteiger partial charge is 0.394 e. The number of rotatable bonds is 4. The zero-order valence-electron chi connectivity index (χ0n) is 8.34. The van der Waals surface area contributed by atoms with Crippen molar-refractivity contribution >= 4 is 5.91 Å². The van der Waals surface area contributed by atoms with Crippen molar-refractivity contribution in [1.82, 2.24) is 5.32 Å². The molecule has 0 radical (unpaired) electrons. The summed E-state index contributed by atoms with van der Waals surface area (Å²) in [7, 11) is 0. The fraction of sp³-hybridized carbons (Fsp3) is 0.889. The Morgan fingerprint density at radius 3 is 2.40 bits per heavy atom. The van der Waals surface area contributed by atoms with E-state index in [4.69, 9.17) is 5.11 Å². The fourth-order valence-corrected chi connectivity index (χ4v) is 1.34. The molecule has 0 heterocycles. The first-order valence-electron chi connectivity index (χ1n) is 4.84. The number of hydrogen-bond acceptors (Lipinski definition) is 2. The van der Waals surface area contributed by atoms with Gasteiger partial charge in [-0.2, -0.15) is 13.2 Å². The molecule has 2 unspecified atom stereocenters. The molecule has 1 fully saturated rings. The first-order chi connectivity index (χ1) is 6.86. The second kappa shape index (κ2) is 4.38. The van der Waals surface area contributed by atoms with Gasteiger partial charge >= 0.3 is 6.18 Å². The van der Waals surface area contributed by atoms with E-state index in [1.54, 1.807) is 6.92 Å². The molecule has 1 aliphatic carbocycles. The molecule has 88 valence electrons. The van der Waals surface area contributed by atoms with Crippen LogP contribution in [0.2, 0.25) is 0 Å². The van der Waals surface area contributed by atoms with Crippen LogP contribution < -0.4 is 5.32 Å². The lowest BCUT2D eigenvalue weighted by Crippen LogP contribution is -2.49. The van der Waals surface area contributed by atoms with Crippen molar-refractivity contribution < 1.29 is 23.1 Å². The number of alkyl halides is 3. The number of hydrogen-bond donors (Lipinski definition) is 2. The molecule has 0 aromatic carbocycles. The third-order valence-corrected chi connectivity index (χ3v) is 2.64. The van der Waals surface area contributed by atoms with Crippen LogP contribution in [-0.2, 0) is 4.79 Å². The van der Waals surface area contributed by atoms with Crippen molar-refractivity contribution in [3.8, 4) is 0 Å². The molecule has 0 aliphatic heterocycles. The highest BCUT2D eigenvalue weighted by atomic mass is 19.4. The minimum absolute atomic E-state index is 0.206. The maximum atomic E-state index is 12.2. The maximum Gasteiger partial charge on any atom is 0.410 e. The zero-order valence-corrected chi connectivity index (χ0v) is 8.34. The molecule has 3 nitrogen and oxygen atoms in total. The molecule has 0 bridgehead atoms. The van der Waals surface area contributed by atoms with Gasteiger partial charge in [-0.15, -0.1) is 0 Å². The highest BCUT2D eigenvalue weighted by Crippen LogP contribution is 2.36. The van der Waals surface area contributed by atoms with Crippen LogP contribution in [0.4, 0.5) is 13.2 Å². The predicted molar refractivity (Wildman–Crippen MR) is 47.0 cm³/mol. The molecular weight excluding hydrogens is 211 g/mol. The largest absolute Gasteiger partial charge is 0.410 e. The number of carbonyl (C=O) groups is 1. The third kappa shape index (κ3) is 3.37. The first-order valence-corrected chi connectivity index (χ1v) is 4.84. The molecular formula is C9H14F3NO2. The van der Waals surface area contributed by atoms with Gasteiger partial charge in [0.1, 0.15) is 6.04 Å². The van der Waals surface area contributed by atoms with E-state index in [-0.39, 0.29) is 5.92 Å². The molecule has 1 amide bonds. The Morgan fingerprint density at radius 2 is 2.07 bits per heavy atom. The van der Waals surface area contributed by atoms with Gasteiger partial charge in [0.2, 0.25) is 5.91 Å². The Morgan fingerprint density at radius 1 is 1.53 bits per heavy atom. The van der Waals surface area contributed by atoms with Gasteiger partial charge in [0.15, 0.2) is 0 Å². The van der Waals surface area contributed by atoms with Gasteiger partial charge in [-0.3, -0.25) is 4.79 Å². The van der Waals surface area contributed by atoms with Gasteiger partial charge < -0.3 is 10.4 Å². The molecule has 0 aromatic rings. The Bertz CT molecular complexity index is 238. The summed E-state index contributed by atoms with van der Waals surface area (Å²) < 4.78 is 36.6. The van der Waals surface area contributed by atoms with Crippen LogP contribution in [-0.4, -0.2) is 29.8 Å². The van der Waals surface area contributed by atoms with Crippen LogP contribution in [0.5, 0.6) is 0 Å². The van der Waals surface area contributed by atoms with Crippen molar-refractivity contribution in [2.45, 2.75) is 32.0 Å². The van der Waals surface area contributed by atoms with Crippen LogP contribution in [0, 0.1) is 11.8 Å². The first kappa shape index (κ1) is 12.3. The van der Waals surface area contributed by atoms with E-state index in [2.05, 4.69) is 0 Å². The van der Waals surface area contributed by atoms with Crippen LogP contribution in [0.1, 0.15) is 19.8 Å². The van der Waals surface area contributed by atoms with Crippen LogP contribution in [0.3, 0.4) is 0 Å². The van der Waals surface area contributed by atoms with E-state index in [0.29, 0.717) is 0 Å². The van der Waals surface area contributed by atoms with Crippen LogP contribution in [0.15, 0.2) is 0 Å². The van der Waals surface area contributed by atoms with Crippen molar-refractivity contribution in [3.63, 3.8) is 0 Å². The van der Waals surface area contributed by atoms with Crippen LogP contribution >= 0.6 is 0 Å². The number of amides is 1. The lowest BCUT2D eigenvalue weighted by atomic mass is 10.1. The van der Waals surface area contributed by atoms with Gasteiger partial charge in [0.05, 0.1) is 6.61 Å². The Hall–Kier alpha value is -0.780. The monoisotopic (exact) mass is 225 g/mol. The molecule has 1 saturated carbocycles. The minimum atomic E-state index is -4.59. The topological polar surface area (TPSA) is 49.3 Å². The second-order valence-electron chi connectivity index (χ2n) is 3.91. The van der Waals surface area contributed by atoms with Gasteiger partial charge in [0, 0.05) is 5.92 Å². The lowest BCUT2D eigenvalue weighted by Gasteiger charge is -2.21. The molecule has 1 rings (SSSR count). The SMILES string of the molecule is CC(C(=O)NC(CO)C(F)(F)F)C1CC1. The van der Waals surface area contributed by atoms with Gasteiger partial charge in [-0.25, -0.2) is 0 Å².